The van der Waals surface area contributed by atoms with Gasteiger partial charge in [-0.25, -0.2) is 9.79 Å². The number of carbonyl (C=O) groups excluding carboxylic acids is 1. The Labute approximate surface area is 157 Å². The van der Waals surface area contributed by atoms with Crippen molar-refractivity contribution in [1.29, 1.82) is 0 Å². The summed E-state index contributed by atoms with van der Waals surface area (Å²) in [6.07, 6.45) is 0.903. The summed E-state index contributed by atoms with van der Waals surface area (Å²) in [5.41, 5.74) is 3.56. The SMILES string of the molecule is CCOC(=O)c1c(C)n(CCc2ccccc2)sc1=Nc1ccccc1. The Balaban J connectivity index is 1.97. The van der Waals surface area contributed by atoms with E-state index < -0.39 is 0 Å². The Bertz CT molecular complexity index is 928. The number of benzene rings is 2. The molecule has 0 atom stereocenters. The first-order chi connectivity index (χ1) is 12.7. The molecule has 0 saturated heterocycles. The van der Waals surface area contributed by atoms with Gasteiger partial charge in [-0.05, 0) is 49.5 Å². The van der Waals surface area contributed by atoms with Crippen molar-refractivity contribution in [2.45, 2.75) is 26.8 Å². The summed E-state index contributed by atoms with van der Waals surface area (Å²) in [5, 5.41) is 0. The van der Waals surface area contributed by atoms with Crippen LogP contribution >= 0.6 is 11.5 Å². The summed E-state index contributed by atoms with van der Waals surface area (Å²) in [6.45, 7) is 4.93. The number of hydrogen-bond donors (Lipinski definition) is 0. The summed E-state index contributed by atoms with van der Waals surface area (Å²) >= 11 is 1.50. The second-order valence-electron chi connectivity index (χ2n) is 5.86. The number of aromatic nitrogens is 1. The summed E-state index contributed by atoms with van der Waals surface area (Å²) in [4.78, 5) is 17.2. The van der Waals surface area contributed by atoms with Gasteiger partial charge in [0, 0.05) is 12.2 Å². The van der Waals surface area contributed by atoms with Crippen molar-refractivity contribution in [3.8, 4) is 0 Å². The van der Waals surface area contributed by atoms with Gasteiger partial charge in [0.15, 0.2) is 0 Å². The Morgan fingerprint density at radius 3 is 2.38 bits per heavy atom. The normalized spacial score (nSPS) is 11.5. The molecule has 0 aliphatic carbocycles. The Morgan fingerprint density at radius 1 is 1.08 bits per heavy atom. The van der Waals surface area contributed by atoms with Crippen LogP contribution in [0.4, 0.5) is 5.69 Å². The molecule has 0 saturated carbocycles. The van der Waals surface area contributed by atoms with Crippen LogP contribution in [-0.2, 0) is 17.7 Å². The first-order valence-electron chi connectivity index (χ1n) is 8.70. The van der Waals surface area contributed by atoms with Crippen LogP contribution in [0.2, 0.25) is 0 Å². The van der Waals surface area contributed by atoms with Crippen molar-refractivity contribution in [2.75, 3.05) is 6.61 Å². The first kappa shape index (κ1) is 18.1. The van der Waals surface area contributed by atoms with Gasteiger partial charge in [0.25, 0.3) is 0 Å². The van der Waals surface area contributed by atoms with Gasteiger partial charge in [-0.1, -0.05) is 48.5 Å². The van der Waals surface area contributed by atoms with Gasteiger partial charge in [0.05, 0.1) is 12.3 Å². The number of nitrogens with zero attached hydrogens (tertiary/aromatic N) is 2. The van der Waals surface area contributed by atoms with Gasteiger partial charge in [-0.3, -0.25) is 3.96 Å². The first-order valence-corrected chi connectivity index (χ1v) is 9.48. The smallest absolute Gasteiger partial charge is 0.343 e. The van der Waals surface area contributed by atoms with Crippen LogP contribution in [0.3, 0.4) is 0 Å². The number of esters is 1. The Hall–Kier alpha value is -2.66. The summed E-state index contributed by atoms with van der Waals surface area (Å²) in [6, 6.07) is 20.0. The minimum absolute atomic E-state index is 0.311. The van der Waals surface area contributed by atoms with Gasteiger partial charge < -0.3 is 4.74 Å². The highest BCUT2D eigenvalue weighted by Crippen LogP contribution is 2.15. The third-order valence-corrected chi connectivity index (χ3v) is 5.20. The standard InChI is InChI=1S/C21H22N2O2S/c1-3-25-21(24)19-16(2)23(15-14-17-10-6-4-7-11-17)26-20(19)22-18-12-8-5-9-13-18/h4-13H,3,14-15H2,1-2H3. The van der Waals surface area contributed by atoms with Crippen molar-refractivity contribution in [1.82, 2.24) is 3.96 Å². The lowest BCUT2D eigenvalue weighted by Crippen LogP contribution is -2.15. The van der Waals surface area contributed by atoms with E-state index in [1.807, 2.05) is 62.4 Å². The molecule has 0 aliphatic rings. The highest BCUT2D eigenvalue weighted by molar-refractivity contribution is 7.04. The predicted molar refractivity (Wildman–Crippen MR) is 105 cm³/mol. The highest BCUT2D eigenvalue weighted by Gasteiger charge is 2.19. The fraction of sp³-hybridized carbons (Fsp3) is 0.238. The molecule has 0 unspecified atom stereocenters. The molecular formula is C21H22N2O2S. The van der Waals surface area contributed by atoms with E-state index in [1.54, 1.807) is 0 Å². The number of hydrogen-bond acceptors (Lipinski definition) is 4. The van der Waals surface area contributed by atoms with Gasteiger partial charge in [0.2, 0.25) is 0 Å². The molecule has 0 spiro atoms. The highest BCUT2D eigenvalue weighted by atomic mass is 32.1. The third kappa shape index (κ3) is 4.29. The average molecular weight is 366 g/mol. The van der Waals surface area contributed by atoms with Crippen LogP contribution < -0.4 is 4.67 Å². The largest absolute Gasteiger partial charge is 0.462 e. The molecule has 0 fully saturated rings. The van der Waals surface area contributed by atoms with Crippen molar-refractivity contribution >= 4 is 23.2 Å². The third-order valence-electron chi connectivity index (χ3n) is 4.06. The van der Waals surface area contributed by atoms with E-state index in [1.165, 1.54) is 17.1 Å². The van der Waals surface area contributed by atoms with Crippen LogP contribution in [0.1, 0.15) is 28.5 Å². The van der Waals surface area contributed by atoms with Crippen LogP contribution in [0.25, 0.3) is 0 Å². The van der Waals surface area contributed by atoms with Crippen molar-refractivity contribution in [3.05, 3.63) is 82.2 Å². The van der Waals surface area contributed by atoms with Crippen molar-refractivity contribution in [2.24, 2.45) is 4.99 Å². The van der Waals surface area contributed by atoms with Crippen molar-refractivity contribution in [3.63, 3.8) is 0 Å². The maximum Gasteiger partial charge on any atom is 0.343 e. The average Bonchev–Trinajstić information content (AvgIpc) is 2.97. The molecule has 26 heavy (non-hydrogen) atoms. The molecular weight excluding hydrogens is 344 g/mol. The molecule has 3 aromatic rings. The molecule has 1 aromatic heterocycles. The zero-order valence-electron chi connectivity index (χ0n) is 15.0. The Kier molecular flexibility index (Phi) is 6.02. The monoisotopic (exact) mass is 366 g/mol. The molecule has 0 aliphatic heterocycles. The zero-order chi connectivity index (χ0) is 18.4. The van der Waals surface area contributed by atoms with E-state index in [0.29, 0.717) is 16.8 Å². The molecule has 0 bridgehead atoms. The minimum atomic E-state index is -0.311. The molecule has 0 N–H and O–H groups in total. The lowest BCUT2D eigenvalue weighted by atomic mass is 10.1. The van der Waals surface area contributed by atoms with Gasteiger partial charge in [-0.2, -0.15) is 0 Å². The molecule has 0 radical (unpaired) electrons. The second kappa shape index (κ2) is 8.63. The number of ether oxygens (including phenoxy) is 1. The van der Waals surface area contributed by atoms with E-state index in [9.17, 15) is 4.79 Å². The van der Waals surface area contributed by atoms with E-state index in [4.69, 9.17) is 4.74 Å². The quantitative estimate of drug-likeness (QED) is 0.603. The number of aryl methyl sites for hydroxylation is 2. The molecule has 1 heterocycles. The number of carbonyl (C=O) groups is 1. The molecule has 0 amide bonds. The maximum absolute atomic E-state index is 12.5. The predicted octanol–water partition coefficient (Wildman–Crippen LogP) is 4.51. The van der Waals surface area contributed by atoms with Crippen molar-refractivity contribution < 1.29 is 9.53 Å². The van der Waals surface area contributed by atoms with E-state index in [-0.39, 0.29) is 5.97 Å². The van der Waals surface area contributed by atoms with E-state index >= 15 is 0 Å². The fourth-order valence-electron chi connectivity index (χ4n) is 2.72. The molecule has 5 heteroatoms. The van der Waals surface area contributed by atoms with Gasteiger partial charge in [0.1, 0.15) is 10.2 Å². The fourth-order valence-corrected chi connectivity index (χ4v) is 3.81. The maximum atomic E-state index is 12.5. The summed E-state index contributed by atoms with van der Waals surface area (Å²) in [5.74, 6) is -0.311. The van der Waals surface area contributed by atoms with Crippen LogP contribution in [-0.4, -0.2) is 16.5 Å². The van der Waals surface area contributed by atoms with E-state index in [2.05, 4.69) is 21.1 Å². The molecule has 4 nitrogen and oxygen atoms in total. The zero-order valence-corrected chi connectivity index (χ0v) is 15.8. The topological polar surface area (TPSA) is 43.6 Å². The summed E-state index contributed by atoms with van der Waals surface area (Å²) < 4.78 is 8.08. The molecule has 3 rings (SSSR count). The summed E-state index contributed by atoms with van der Waals surface area (Å²) in [7, 11) is 0. The lowest BCUT2D eigenvalue weighted by Gasteiger charge is -2.06. The van der Waals surface area contributed by atoms with Gasteiger partial charge in [-0.15, -0.1) is 0 Å². The van der Waals surface area contributed by atoms with Crippen LogP contribution in [0.15, 0.2) is 65.7 Å². The Morgan fingerprint density at radius 2 is 1.73 bits per heavy atom. The second-order valence-corrected chi connectivity index (χ2v) is 6.87. The number of para-hydroxylation sites is 1. The lowest BCUT2D eigenvalue weighted by molar-refractivity contribution is 0.0524. The number of rotatable bonds is 6. The van der Waals surface area contributed by atoms with Crippen LogP contribution in [0.5, 0.6) is 0 Å². The molecule has 134 valence electrons. The minimum Gasteiger partial charge on any atom is -0.462 e. The van der Waals surface area contributed by atoms with E-state index in [0.717, 1.165) is 24.3 Å². The molecule has 2 aromatic carbocycles. The van der Waals surface area contributed by atoms with Gasteiger partial charge >= 0.3 is 5.97 Å². The van der Waals surface area contributed by atoms with Crippen LogP contribution in [0, 0.1) is 6.92 Å².